The van der Waals surface area contributed by atoms with Crippen molar-refractivity contribution >= 4 is 38.6 Å². The number of nitrogens with two attached hydrogens (primary N) is 1. The Hall–Kier alpha value is -2.15. The van der Waals surface area contributed by atoms with Crippen LogP contribution in [-0.4, -0.2) is 40.0 Å². The van der Waals surface area contributed by atoms with Gasteiger partial charge in [0.1, 0.15) is 0 Å². The van der Waals surface area contributed by atoms with Gasteiger partial charge in [-0.1, -0.05) is 11.3 Å². The Morgan fingerprint density at radius 3 is 3.00 bits per heavy atom. The van der Waals surface area contributed by atoms with Crippen LogP contribution < -0.4 is 5.73 Å². The van der Waals surface area contributed by atoms with Gasteiger partial charge in [0.2, 0.25) is 0 Å². The third kappa shape index (κ3) is 2.69. The van der Waals surface area contributed by atoms with E-state index < -0.39 is 11.9 Å². The number of aromatic nitrogens is 1. The van der Waals surface area contributed by atoms with Crippen LogP contribution in [0.5, 0.6) is 0 Å². The molecule has 0 bridgehead atoms. The Kier molecular flexibility index (Phi) is 3.50. The highest BCUT2D eigenvalue weighted by Gasteiger charge is 2.28. The Balaban J connectivity index is 1.84. The number of benzene rings is 1. The second-order valence-corrected chi connectivity index (χ2v) is 6.23. The van der Waals surface area contributed by atoms with Gasteiger partial charge in [-0.05, 0) is 31.0 Å². The maximum atomic E-state index is 12.5. The minimum Gasteiger partial charge on any atom is -0.481 e. The van der Waals surface area contributed by atoms with Gasteiger partial charge in [-0.25, -0.2) is 4.98 Å². The van der Waals surface area contributed by atoms with Crippen molar-refractivity contribution in [2.24, 2.45) is 5.92 Å². The monoisotopic (exact) mass is 305 g/mol. The molecule has 7 heteroatoms. The van der Waals surface area contributed by atoms with Crippen molar-refractivity contribution in [3.05, 3.63) is 23.8 Å². The highest BCUT2D eigenvalue weighted by molar-refractivity contribution is 7.22. The number of aliphatic carboxylic acids is 1. The molecule has 1 atom stereocenters. The lowest BCUT2D eigenvalue weighted by Crippen LogP contribution is -2.42. The number of carbonyl (C=O) groups excluding carboxylic acids is 1. The minimum absolute atomic E-state index is 0.130. The van der Waals surface area contributed by atoms with Crippen LogP contribution >= 0.6 is 11.3 Å². The molecule has 3 N–H and O–H groups in total. The van der Waals surface area contributed by atoms with E-state index in [2.05, 4.69) is 4.98 Å². The molecule has 2 aromatic rings. The quantitative estimate of drug-likeness (QED) is 0.882. The summed E-state index contributed by atoms with van der Waals surface area (Å²) in [4.78, 5) is 29.4. The fourth-order valence-corrected chi connectivity index (χ4v) is 3.39. The molecule has 1 aromatic heterocycles. The first-order valence-electron chi connectivity index (χ1n) is 6.73. The number of rotatable bonds is 2. The molecule has 2 heterocycles. The molecule has 0 spiro atoms. The van der Waals surface area contributed by atoms with Gasteiger partial charge in [0.05, 0.1) is 16.1 Å². The highest BCUT2D eigenvalue weighted by Crippen LogP contribution is 2.26. The van der Waals surface area contributed by atoms with Gasteiger partial charge in [0.25, 0.3) is 5.91 Å². The molecule has 110 valence electrons. The number of amides is 1. The fraction of sp³-hybridized carbons (Fsp3) is 0.357. The van der Waals surface area contributed by atoms with Crippen molar-refractivity contribution < 1.29 is 14.7 Å². The lowest BCUT2D eigenvalue weighted by molar-refractivity contribution is -0.143. The predicted octanol–water partition coefficient (Wildman–Crippen LogP) is 1.82. The van der Waals surface area contributed by atoms with Crippen molar-refractivity contribution in [3.63, 3.8) is 0 Å². The average Bonchev–Trinajstić information content (AvgIpc) is 2.85. The van der Waals surface area contributed by atoms with Crippen LogP contribution in [0.15, 0.2) is 18.2 Å². The van der Waals surface area contributed by atoms with Crippen LogP contribution in [0, 0.1) is 5.92 Å². The summed E-state index contributed by atoms with van der Waals surface area (Å²) < 4.78 is 0.866. The molecule has 0 radical (unpaired) electrons. The van der Waals surface area contributed by atoms with Crippen LogP contribution in [0.4, 0.5) is 5.13 Å². The average molecular weight is 305 g/mol. The molecule has 21 heavy (non-hydrogen) atoms. The third-order valence-corrected chi connectivity index (χ3v) is 4.56. The topological polar surface area (TPSA) is 96.5 Å². The first-order chi connectivity index (χ1) is 10.0. The number of carbonyl (C=O) groups is 2. The van der Waals surface area contributed by atoms with E-state index in [1.54, 1.807) is 23.1 Å². The lowest BCUT2D eigenvalue weighted by Gasteiger charge is -2.30. The van der Waals surface area contributed by atoms with Crippen molar-refractivity contribution in [2.75, 3.05) is 18.8 Å². The number of likely N-dealkylation sites (tertiary alicyclic amines) is 1. The Labute approximate surface area is 125 Å². The molecule has 1 aliphatic heterocycles. The molecule has 1 amide bonds. The van der Waals surface area contributed by atoms with E-state index in [-0.39, 0.29) is 12.5 Å². The maximum Gasteiger partial charge on any atom is 0.308 e. The SMILES string of the molecule is Nc1nc2ccc(C(=O)N3CCCC(C(=O)O)C3)cc2s1. The summed E-state index contributed by atoms with van der Waals surface area (Å²) in [5.74, 6) is -1.43. The zero-order valence-electron chi connectivity index (χ0n) is 11.3. The number of nitrogen functional groups attached to an aromatic ring is 1. The Morgan fingerprint density at radius 1 is 1.43 bits per heavy atom. The fourth-order valence-electron chi connectivity index (χ4n) is 2.62. The highest BCUT2D eigenvalue weighted by atomic mass is 32.1. The number of carboxylic acid groups (broad SMARTS) is 1. The number of hydrogen-bond donors (Lipinski definition) is 2. The van der Waals surface area contributed by atoms with Crippen LogP contribution in [0.3, 0.4) is 0 Å². The minimum atomic E-state index is -0.835. The van der Waals surface area contributed by atoms with Gasteiger partial charge in [-0.15, -0.1) is 0 Å². The van der Waals surface area contributed by atoms with Crippen LogP contribution in [-0.2, 0) is 4.79 Å². The number of carboxylic acids is 1. The maximum absolute atomic E-state index is 12.5. The molecular formula is C14H15N3O3S. The van der Waals surface area contributed by atoms with E-state index in [1.165, 1.54) is 11.3 Å². The zero-order chi connectivity index (χ0) is 15.0. The van der Waals surface area contributed by atoms with Crippen molar-refractivity contribution in [3.8, 4) is 0 Å². The number of hydrogen-bond acceptors (Lipinski definition) is 5. The molecule has 1 aromatic carbocycles. The number of thiazole rings is 1. The summed E-state index contributed by atoms with van der Waals surface area (Å²) in [5.41, 5.74) is 6.98. The van der Waals surface area contributed by atoms with Gasteiger partial charge in [0, 0.05) is 18.7 Å². The first kappa shape index (κ1) is 13.8. The van der Waals surface area contributed by atoms with E-state index in [1.807, 2.05) is 0 Å². The van der Waals surface area contributed by atoms with Gasteiger partial charge < -0.3 is 15.7 Å². The molecule has 1 saturated heterocycles. The normalized spacial score (nSPS) is 18.9. The zero-order valence-corrected chi connectivity index (χ0v) is 12.1. The van der Waals surface area contributed by atoms with Crippen LogP contribution in [0.1, 0.15) is 23.2 Å². The number of fused-ring (bicyclic) bond motifs is 1. The summed E-state index contributed by atoms with van der Waals surface area (Å²) in [6.45, 7) is 0.877. The molecule has 1 unspecified atom stereocenters. The lowest BCUT2D eigenvalue weighted by atomic mass is 9.97. The van der Waals surface area contributed by atoms with E-state index >= 15 is 0 Å². The van der Waals surface area contributed by atoms with E-state index in [0.29, 0.717) is 23.7 Å². The van der Waals surface area contributed by atoms with Gasteiger partial charge >= 0.3 is 5.97 Å². The second kappa shape index (κ2) is 5.33. The Morgan fingerprint density at radius 2 is 2.24 bits per heavy atom. The smallest absolute Gasteiger partial charge is 0.308 e. The first-order valence-corrected chi connectivity index (χ1v) is 7.54. The molecule has 3 rings (SSSR count). The van der Waals surface area contributed by atoms with Crippen LogP contribution in [0.25, 0.3) is 10.2 Å². The third-order valence-electron chi connectivity index (χ3n) is 3.71. The molecule has 6 nitrogen and oxygen atoms in total. The standard InChI is InChI=1S/C14H15N3O3S/c15-14-16-10-4-3-8(6-11(10)21-14)12(18)17-5-1-2-9(7-17)13(19)20/h3-4,6,9H,1-2,5,7H2,(H2,15,16)(H,19,20). The van der Waals surface area contributed by atoms with E-state index in [0.717, 1.165) is 16.6 Å². The largest absolute Gasteiger partial charge is 0.481 e. The van der Waals surface area contributed by atoms with E-state index in [9.17, 15) is 9.59 Å². The van der Waals surface area contributed by atoms with Gasteiger partial charge in [0.15, 0.2) is 5.13 Å². The van der Waals surface area contributed by atoms with Crippen LogP contribution in [0.2, 0.25) is 0 Å². The summed E-state index contributed by atoms with van der Waals surface area (Å²) in [7, 11) is 0. The van der Waals surface area contributed by atoms with Crippen molar-refractivity contribution in [2.45, 2.75) is 12.8 Å². The van der Waals surface area contributed by atoms with Crippen molar-refractivity contribution in [1.29, 1.82) is 0 Å². The predicted molar refractivity (Wildman–Crippen MR) is 80.3 cm³/mol. The molecule has 1 fully saturated rings. The Bertz CT molecular complexity index is 713. The van der Waals surface area contributed by atoms with E-state index in [4.69, 9.17) is 10.8 Å². The molecular weight excluding hydrogens is 290 g/mol. The summed E-state index contributed by atoms with van der Waals surface area (Å²) >= 11 is 1.34. The number of anilines is 1. The van der Waals surface area contributed by atoms with Gasteiger partial charge in [-0.3, -0.25) is 9.59 Å². The second-order valence-electron chi connectivity index (χ2n) is 5.16. The summed E-state index contributed by atoms with van der Waals surface area (Å²) in [6.07, 6.45) is 1.35. The molecule has 0 saturated carbocycles. The number of piperidine rings is 1. The van der Waals surface area contributed by atoms with Crippen molar-refractivity contribution in [1.82, 2.24) is 9.88 Å². The molecule has 1 aliphatic rings. The summed E-state index contributed by atoms with van der Waals surface area (Å²) in [5, 5.41) is 9.56. The number of nitrogens with zero attached hydrogens (tertiary/aromatic N) is 2. The molecule has 0 aliphatic carbocycles. The summed E-state index contributed by atoms with van der Waals surface area (Å²) in [6, 6.07) is 5.26. The van der Waals surface area contributed by atoms with Gasteiger partial charge in [-0.2, -0.15) is 0 Å².